The summed E-state index contributed by atoms with van der Waals surface area (Å²) >= 11 is 0. The summed E-state index contributed by atoms with van der Waals surface area (Å²) < 4.78 is 7.81. The number of hydrogen-bond acceptors (Lipinski definition) is 6. The van der Waals surface area contributed by atoms with Crippen LogP contribution < -0.4 is 21.7 Å². The fourth-order valence-corrected chi connectivity index (χ4v) is 2.95. The Labute approximate surface area is 155 Å². The Kier molecular flexibility index (Phi) is 4.69. The van der Waals surface area contributed by atoms with E-state index in [1.807, 2.05) is 13.0 Å². The third-order valence-electron chi connectivity index (χ3n) is 4.34. The molecule has 1 aromatic carbocycles. The highest BCUT2D eigenvalue weighted by molar-refractivity contribution is 5.97. The Balaban J connectivity index is 2.39. The lowest BCUT2D eigenvalue weighted by Gasteiger charge is -2.14. The minimum Gasteiger partial charge on any atom is -0.494 e. The molecule has 138 valence electrons. The van der Waals surface area contributed by atoms with Crippen molar-refractivity contribution in [2.75, 3.05) is 12.3 Å². The van der Waals surface area contributed by atoms with Crippen molar-refractivity contribution >= 4 is 16.9 Å². The molecular formula is C19H19N5O3. The van der Waals surface area contributed by atoms with Crippen LogP contribution in [0.2, 0.25) is 0 Å². The number of anilines is 1. The number of fused-ring (bicyclic) bond motifs is 1. The molecular weight excluding hydrogens is 346 g/mol. The molecule has 0 unspecified atom stereocenters. The van der Waals surface area contributed by atoms with Gasteiger partial charge in [0.05, 0.1) is 12.0 Å². The van der Waals surface area contributed by atoms with Crippen molar-refractivity contribution in [1.29, 1.82) is 5.26 Å². The largest absolute Gasteiger partial charge is 0.494 e. The van der Waals surface area contributed by atoms with Gasteiger partial charge in [-0.1, -0.05) is 19.1 Å². The van der Waals surface area contributed by atoms with Crippen molar-refractivity contribution < 1.29 is 4.74 Å². The molecule has 0 radical (unpaired) electrons. The first-order valence-corrected chi connectivity index (χ1v) is 8.43. The van der Waals surface area contributed by atoms with Gasteiger partial charge in [-0.3, -0.25) is 13.9 Å². The number of hydrogen-bond donors (Lipinski definition) is 1. The predicted octanol–water partition coefficient (Wildman–Crippen LogP) is 1.54. The fraction of sp³-hybridized carbons (Fsp3) is 0.263. The Morgan fingerprint density at radius 2 is 1.85 bits per heavy atom. The molecule has 3 aromatic rings. The summed E-state index contributed by atoms with van der Waals surface area (Å²) in [7, 11) is 2.89. The standard InChI is InChI=1S/C19H19N5O3/c1-4-9-27-12-7-5-11(6-8-12)14-13(10-20)16(21)22-17-15(14)18(25)24(3)19(26)23(17)2/h5-8H,4,9H2,1-3H3,(H2,21,22). The molecule has 0 atom stereocenters. The fourth-order valence-electron chi connectivity index (χ4n) is 2.95. The average molecular weight is 365 g/mol. The third-order valence-corrected chi connectivity index (χ3v) is 4.34. The van der Waals surface area contributed by atoms with Crippen molar-refractivity contribution in [3.05, 3.63) is 50.7 Å². The molecule has 27 heavy (non-hydrogen) atoms. The summed E-state index contributed by atoms with van der Waals surface area (Å²) in [5, 5.41) is 9.78. The molecule has 0 saturated heterocycles. The van der Waals surface area contributed by atoms with Gasteiger partial charge < -0.3 is 10.5 Å². The number of rotatable bonds is 4. The van der Waals surface area contributed by atoms with Gasteiger partial charge in [0.2, 0.25) is 0 Å². The van der Waals surface area contributed by atoms with Gasteiger partial charge >= 0.3 is 5.69 Å². The zero-order chi connectivity index (χ0) is 19.7. The van der Waals surface area contributed by atoms with Crippen LogP contribution in [-0.2, 0) is 14.1 Å². The van der Waals surface area contributed by atoms with Crippen LogP contribution in [0.15, 0.2) is 33.9 Å². The van der Waals surface area contributed by atoms with E-state index in [-0.39, 0.29) is 22.4 Å². The van der Waals surface area contributed by atoms with Crippen LogP contribution in [0.3, 0.4) is 0 Å². The van der Waals surface area contributed by atoms with E-state index >= 15 is 0 Å². The van der Waals surface area contributed by atoms with Gasteiger partial charge in [-0.25, -0.2) is 9.78 Å². The molecule has 3 rings (SSSR count). The van der Waals surface area contributed by atoms with Gasteiger partial charge in [0, 0.05) is 19.7 Å². The molecule has 0 aliphatic rings. The second-order valence-corrected chi connectivity index (χ2v) is 6.14. The number of aromatic nitrogens is 3. The lowest BCUT2D eigenvalue weighted by molar-refractivity contribution is 0.317. The molecule has 8 nitrogen and oxygen atoms in total. The van der Waals surface area contributed by atoms with Gasteiger partial charge in [0.25, 0.3) is 5.56 Å². The van der Waals surface area contributed by atoms with Crippen molar-refractivity contribution in [2.45, 2.75) is 13.3 Å². The quantitative estimate of drug-likeness (QED) is 0.750. The van der Waals surface area contributed by atoms with Gasteiger partial charge in [-0.2, -0.15) is 5.26 Å². The van der Waals surface area contributed by atoms with Crippen LogP contribution >= 0.6 is 0 Å². The van der Waals surface area contributed by atoms with Crippen LogP contribution in [0.4, 0.5) is 5.82 Å². The summed E-state index contributed by atoms with van der Waals surface area (Å²) in [5.41, 5.74) is 6.12. The highest BCUT2D eigenvalue weighted by Crippen LogP contribution is 2.32. The van der Waals surface area contributed by atoms with E-state index in [4.69, 9.17) is 10.5 Å². The smallest absolute Gasteiger partial charge is 0.332 e. The summed E-state index contributed by atoms with van der Waals surface area (Å²) in [6.07, 6.45) is 0.885. The SMILES string of the molecule is CCCOc1ccc(-c2c(C#N)c(N)nc3c2c(=O)n(C)c(=O)n3C)cc1. The lowest BCUT2D eigenvalue weighted by atomic mass is 9.98. The first-order valence-electron chi connectivity index (χ1n) is 8.43. The van der Waals surface area contributed by atoms with Crippen LogP contribution in [0.1, 0.15) is 18.9 Å². The molecule has 0 fully saturated rings. The molecule has 0 spiro atoms. The second-order valence-electron chi connectivity index (χ2n) is 6.14. The predicted molar refractivity (Wildman–Crippen MR) is 103 cm³/mol. The molecule has 0 aliphatic heterocycles. The van der Waals surface area contributed by atoms with Crippen molar-refractivity contribution in [1.82, 2.24) is 14.1 Å². The van der Waals surface area contributed by atoms with Gasteiger partial charge in [-0.05, 0) is 24.1 Å². The van der Waals surface area contributed by atoms with Crippen molar-refractivity contribution in [3.63, 3.8) is 0 Å². The van der Waals surface area contributed by atoms with Crippen LogP contribution in [0.25, 0.3) is 22.2 Å². The number of nitriles is 1. The first kappa shape index (κ1) is 18.2. The topological polar surface area (TPSA) is 116 Å². The average Bonchev–Trinajstić information content (AvgIpc) is 2.68. The number of pyridine rings is 1. The maximum Gasteiger partial charge on any atom is 0.332 e. The number of benzene rings is 1. The molecule has 8 heteroatoms. The van der Waals surface area contributed by atoms with Crippen LogP contribution in [0.5, 0.6) is 5.75 Å². The maximum atomic E-state index is 12.8. The summed E-state index contributed by atoms with van der Waals surface area (Å²) in [5.74, 6) is 0.653. The molecule has 2 N–H and O–H groups in total. The van der Waals surface area contributed by atoms with Gasteiger partial charge in [0.15, 0.2) is 5.65 Å². The van der Waals surface area contributed by atoms with E-state index in [1.54, 1.807) is 24.3 Å². The number of nitrogens with two attached hydrogens (primary N) is 1. The molecule has 0 saturated carbocycles. The van der Waals surface area contributed by atoms with E-state index in [1.165, 1.54) is 18.7 Å². The molecule has 0 amide bonds. The molecule has 0 bridgehead atoms. The number of nitrogens with zero attached hydrogens (tertiary/aromatic N) is 4. The van der Waals surface area contributed by atoms with E-state index in [0.29, 0.717) is 23.5 Å². The monoisotopic (exact) mass is 365 g/mol. The Morgan fingerprint density at radius 3 is 2.44 bits per heavy atom. The molecule has 2 aromatic heterocycles. The number of nitrogen functional groups attached to an aromatic ring is 1. The molecule has 2 heterocycles. The van der Waals surface area contributed by atoms with Gasteiger partial charge in [0.1, 0.15) is 23.2 Å². The van der Waals surface area contributed by atoms with Gasteiger partial charge in [-0.15, -0.1) is 0 Å². The summed E-state index contributed by atoms with van der Waals surface area (Å²) in [4.78, 5) is 29.2. The Hall–Kier alpha value is -3.60. The van der Waals surface area contributed by atoms with Crippen molar-refractivity contribution in [3.8, 4) is 22.9 Å². The van der Waals surface area contributed by atoms with E-state index in [0.717, 1.165) is 11.0 Å². The number of aryl methyl sites for hydroxylation is 1. The van der Waals surface area contributed by atoms with E-state index < -0.39 is 11.2 Å². The second kappa shape index (κ2) is 6.96. The highest BCUT2D eigenvalue weighted by atomic mass is 16.5. The third kappa shape index (κ3) is 2.93. The molecule has 0 aliphatic carbocycles. The zero-order valence-electron chi connectivity index (χ0n) is 15.3. The Morgan fingerprint density at radius 1 is 1.19 bits per heavy atom. The van der Waals surface area contributed by atoms with Crippen molar-refractivity contribution in [2.24, 2.45) is 14.1 Å². The van der Waals surface area contributed by atoms with Crippen LogP contribution in [0, 0.1) is 11.3 Å². The first-order chi connectivity index (χ1) is 12.9. The van der Waals surface area contributed by atoms with E-state index in [9.17, 15) is 14.9 Å². The zero-order valence-corrected chi connectivity index (χ0v) is 15.3. The normalized spacial score (nSPS) is 10.7. The summed E-state index contributed by atoms with van der Waals surface area (Å²) in [6, 6.07) is 9.07. The summed E-state index contributed by atoms with van der Waals surface area (Å²) in [6.45, 7) is 2.61. The lowest BCUT2D eigenvalue weighted by Crippen LogP contribution is -2.37. The highest BCUT2D eigenvalue weighted by Gasteiger charge is 2.21. The van der Waals surface area contributed by atoms with Crippen LogP contribution in [-0.4, -0.2) is 20.7 Å². The minimum absolute atomic E-state index is 0.0328. The van der Waals surface area contributed by atoms with E-state index in [2.05, 4.69) is 4.98 Å². The maximum absolute atomic E-state index is 12.8. The Bertz CT molecular complexity index is 1180. The minimum atomic E-state index is -0.529. The number of ether oxygens (including phenoxy) is 1.